The van der Waals surface area contributed by atoms with Crippen molar-refractivity contribution in [2.45, 2.75) is 0 Å². The van der Waals surface area contributed by atoms with Gasteiger partial charge < -0.3 is 4.18 Å². The number of para-hydroxylation sites is 1. The Labute approximate surface area is 106 Å². The average molecular weight is 246 g/mol. The second kappa shape index (κ2) is 5.84. The Morgan fingerprint density at radius 2 is 1.71 bits per heavy atom. The first kappa shape index (κ1) is 14.1. The van der Waals surface area contributed by atoms with Crippen molar-refractivity contribution in [1.29, 1.82) is 0 Å². The summed E-state index contributed by atoms with van der Waals surface area (Å²) in [6.45, 7) is 0. The fraction of sp³-hybridized carbons (Fsp3) is 0. The van der Waals surface area contributed by atoms with Crippen molar-refractivity contribution in [2.24, 2.45) is 0 Å². The fourth-order valence-electron chi connectivity index (χ4n) is 0.598. The zero-order valence-electron chi connectivity index (χ0n) is 6.28. The summed E-state index contributed by atoms with van der Waals surface area (Å²) >= 11 is 0. The van der Waals surface area contributed by atoms with Crippen molar-refractivity contribution in [3.05, 3.63) is 30.3 Å². The van der Waals surface area contributed by atoms with Gasteiger partial charge in [0.1, 0.15) is 5.75 Å². The zero-order valence-corrected chi connectivity index (χ0v) is 7.92. The SMILES string of the molecule is O=S(Oc1ccccc1)S(=O)(=O)O.[NaH]. The molecule has 0 saturated carbocycles. The van der Waals surface area contributed by atoms with Gasteiger partial charge in [-0.3, -0.25) is 4.55 Å². The number of hydrogen-bond donors (Lipinski definition) is 1. The van der Waals surface area contributed by atoms with Gasteiger partial charge >= 0.3 is 48.8 Å². The van der Waals surface area contributed by atoms with Crippen LogP contribution in [-0.2, 0) is 19.3 Å². The molecule has 0 saturated heterocycles. The first-order chi connectivity index (χ1) is 6.00. The molecule has 0 bridgehead atoms. The first-order valence-electron chi connectivity index (χ1n) is 3.13. The van der Waals surface area contributed by atoms with Crippen LogP contribution in [0, 0.1) is 0 Å². The van der Waals surface area contributed by atoms with Crippen LogP contribution in [-0.4, -0.2) is 46.7 Å². The molecule has 0 spiro atoms. The summed E-state index contributed by atoms with van der Waals surface area (Å²) in [6.07, 6.45) is 0. The molecule has 14 heavy (non-hydrogen) atoms. The Bertz CT molecular complexity index is 401. The summed E-state index contributed by atoms with van der Waals surface area (Å²) < 4.78 is 43.9. The van der Waals surface area contributed by atoms with Gasteiger partial charge in [-0.25, -0.2) is 0 Å². The Kier molecular flexibility index (Phi) is 5.87. The summed E-state index contributed by atoms with van der Waals surface area (Å²) in [7, 11) is -7.41. The van der Waals surface area contributed by atoms with E-state index in [0.29, 0.717) is 0 Å². The molecule has 1 N–H and O–H groups in total. The molecule has 0 aliphatic carbocycles. The maximum atomic E-state index is 10.7. The topological polar surface area (TPSA) is 80.7 Å². The summed E-state index contributed by atoms with van der Waals surface area (Å²) in [5.74, 6) is 0.110. The molecule has 0 aromatic heterocycles. The maximum absolute atomic E-state index is 10.7. The van der Waals surface area contributed by atoms with Crippen LogP contribution in [0.1, 0.15) is 0 Å². The summed E-state index contributed by atoms with van der Waals surface area (Å²) in [5, 5.41) is 0. The average Bonchev–Trinajstić information content (AvgIpc) is 2.04. The van der Waals surface area contributed by atoms with Crippen LogP contribution in [0.25, 0.3) is 0 Å². The van der Waals surface area contributed by atoms with Gasteiger partial charge in [-0.1, -0.05) is 18.2 Å². The zero-order chi connectivity index (χ0) is 9.90. The van der Waals surface area contributed by atoms with Crippen LogP contribution >= 0.6 is 0 Å². The standard InChI is InChI=1S/C6H6O5S2.Na.H/c7-12(13(8,9)10)11-6-4-2-1-3-5-6;;/h1-5H,(H,8,9,10);;. The minimum atomic E-state index is -4.65. The third kappa shape index (κ3) is 4.54. The molecule has 74 valence electrons. The number of hydrogen-bond acceptors (Lipinski definition) is 4. The van der Waals surface area contributed by atoms with Crippen LogP contribution in [0.5, 0.6) is 5.75 Å². The van der Waals surface area contributed by atoms with E-state index in [4.69, 9.17) is 4.55 Å². The van der Waals surface area contributed by atoms with Crippen LogP contribution in [0.3, 0.4) is 0 Å². The van der Waals surface area contributed by atoms with Crippen LogP contribution < -0.4 is 4.18 Å². The molecule has 1 atom stereocenters. The summed E-state index contributed by atoms with van der Waals surface area (Å²) in [5.41, 5.74) is 0. The molecule has 1 aromatic rings. The van der Waals surface area contributed by atoms with Crippen molar-refractivity contribution in [1.82, 2.24) is 0 Å². The second-order valence-corrected chi connectivity index (χ2v) is 5.54. The molecule has 5 nitrogen and oxygen atoms in total. The van der Waals surface area contributed by atoms with Gasteiger partial charge in [-0.2, -0.15) is 12.6 Å². The van der Waals surface area contributed by atoms with Gasteiger partial charge in [0.25, 0.3) is 0 Å². The Morgan fingerprint density at radius 1 is 1.21 bits per heavy atom. The number of benzene rings is 1. The fourth-order valence-corrected chi connectivity index (χ4v) is 1.45. The van der Waals surface area contributed by atoms with Crippen molar-refractivity contribution in [3.8, 4) is 5.75 Å². The summed E-state index contributed by atoms with van der Waals surface area (Å²) in [6, 6.07) is 7.68. The first-order valence-corrected chi connectivity index (χ1v) is 6.16. The molecule has 0 heterocycles. The van der Waals surface area contributed by atoms with Crippen LogP contribution in [0.4, 0.5) is 0 Å². The van der Waals surface area contributed by atoms with Crippen molar-refractivity contribution < 1.29 is 21.4 Å². The van der Waals surface area contributed by atoms with Crippen LogP contribution in [0.2, 0.25) is 0 Å². The van der Waals surface area contributed by atoms with Crippen molar-refractivity contribution in [2.75, 3.05) is 0 Å². The minimum absolute atomic E-state index is 0. The van der Waals surface area contributed by atoms with Crippen molar-refractivity contribution >= 4 is 48.8 Å². The van der Waals surface area contributed by atoms with Gasteiger partial charge in [0.15, 0.2) is 0 Å². The second-order valence-electron chi connectivity index (χ2n) is 2.03. The van der Waals surface area contributed by atoms with E-state index in [-0.39, 0.29) is 35.3 Å². The quantitative estimate of drug-likeness (QED) is 0.457. The van der Waals surface area contributed by atoms with Gasteiger partial charge in [-0.15, -0.1) is 0 Å². The van der Waals surface area contributed by atoms with E-state index in [2.05, 4.69) is 4.18 Å². The van der Waals surface area contributed by atoms with Crippen molar-refractivity contribution in [3.63, 3.8) is 0 Å². The van der Waals surface area contributed by atoms with E-state index >= 15 is 0 Å². The molecule has 1 unspecified atom stereocenters. The van der Waals surface area contributed by atoms with Gasteiger partial charge in [0.05, 0.1) is 0 Å². The van der Waals surface area contributed by atoms with E-state index < -0.39 is 19.3 Å². The molecular formula is C6H7NaO5S2. The van der Waals surface area contributed by atoms with E-state index in [9.17, 15) is 12.6 Å². The third-order valence-corrected chi connectivity index (χ3v) is 2.99. The van der Waals surface area contributed by atoms with E-state index in [1.54, 1.807) is 18.2 Å². The molecule has 8 heteroatoms. The molecule has 1 rings (SSSR count). The van der Waals surface area contributed by atoms with Crippen LogP contribution in [0.15, 0.2) is 30.3 Å². The molecule has 0 aliphatic heterocycles. The third-order valence-electron chi connectivity index (χ3n) is 1.08. The molecule has 0 fully saturated rings. The van der Waals surface area contributed by atoms with E-state index in [0.717, 1.165) is 0 Å². The predicted octanol–water partition coefficient (Wildman–Crippen LogP) is -0.117. The van der Waals surface area contributed by atoms with Gasteiger partial charge in [-0.05, 0) is 12.1 Å². The van der Waals surface area contributed by atoms with E-state index in [1.165, 1.54) is 12.1 Å². The normalized spacial score (nSPS) is 12.6. The molecular weight excluding hydrogens is 239 g/mol. The monoisotopic (exact) mass is 246 g/mol. The number of rotatable bonds is 3. The van der Waals surface area contributed by atoms with Gasteiger partial charge in [0, 0.05) is 0 Å². The molecule has 0 radical (unpaired) electrons. The Morgan fingerprint density at radius 3 is 2.14 bits per heavy atom. The summed E-state index contributed by atoms with van der Waals surface area (Å²) in [4.78, 5) is 0. The Hall–Kier alpha value is 0.0800. The molecule has 0 aliphatic rings. The van der Waals surface area contributed by atoms with E-state index in [1.807, 2.05) is 0 Å². The molecule has 0 amide bonds. The Balaban J connectivity index is 0.00000169. The molecule has 1 aromatic carbocycles. The van der Waals surface area contributed by atoms with Gasteiger partial charge in [0.2, 0.25) is 0 Å². The predicted molar refractivity (Wildman–Crippen MR) is 53.9 cm³/mol.